The van der Waals surface area contributed by atoms with E-state index in [1.165, 1.54) is 11.8 Å². The Bertz CT molecular complexity index is 1170. The minimum atomic E-state index is -1.38. The Morgan fingerprint density at radius 1 is 0.946 bits per heavy atom. The van der Waals surface area contributed by atoms with Gasteiger partial charge in [0.05, 0.1) is 12.7 Å². The number of halogens is 1. The number of benzene rings is 3. The number of hydrogen-bond acceptors (Lipinski definition) is 8. The van der Waals surface area contributed by atoms with Crippen molar-refractivity contribution in [2.24, 2.45) is 0 Å². The molecule has 1 heterocycles. The van der Waals surface area contributed by atoms with Gasteiger partial charge in [0.1, 0.15) is 35.9 Å². The topological polar surface area (TPSA) is 105 Å². The number of carbonyl (C=O) groups excluding carboxylic acids is 1. The summed E-state index contributed by atoms with van der Waals surface area (Å²) in [5, 5.41) is 32.5. The van der Waals surface area contributed by atoms with Gasteiger partial charge in [0.15, 0.2) is 0 Å². The van der Waals surface area contributed by atoms with E-state index in [1.807, 2.05) is 37.3 Å². The van der Waals surface area contributed by atoms with Crippen molar-refractivity contribution in [3.05, 3.63) is 88.4 Å². The minimum absolute atomic E-state index is 0.335. The molecule has 0 aliphatic carbocycles. The molecule has 1 saturated heterocycles. The van der Waals surface area contributed by atoms with Crippen LogP contribution in [0.15, 0.2) is 71.6 Å². The van der Waals surface area contributed by atoms with E-state index in [1.54, 1.807) is 36.4 Å². The molecule has 0 bridgehead atoms. The molecule has 0 amide bonds. The molecule has 5 atom stereocenters. The number of ether oxygens (including phenoxy) is 3. The SMILES string of the molecule is CCOc1ccc(Cc2cc([C@@H]3O[C@H](CSc4ccc(OC=O)cc4)[C@@H](O)[C@H](O)[C@H]3O)ccc2Cl)cc1. The Morgan fingerprint density at radius 2 is 1.65 bits per heavy atom. The Balaban J connectivity index is 1.47. The van der Waals surface area contributed by atoms with Crippen molar-refractivity contribution in [3.63, 3.8) is 0 Å². The van der Waals surface area contributed by atoms with Crippen LogP contribution in [-0.4, -0.2) is 58.6 Å². The molecule has 0 unspecified atom stereocenters. The van der Waals surface area contributed by atoms with Crippen molar-refractivity contribution in [2.75, 3.05) is 12.4 Å². The molecule has 3 aromatic carbocycles. The molecule has 9 heteroatoms. The first-order valence-corrected chi connectivity index (χ1v) is 13.3. The van der Waals surface area contributed by atoms with Gasteiger partial charge in [0.2, 0.25) is 0 Å². The van der Waals surface area contributed by atoms with Gasteiger partial charge in [-0.2, -0.15) is 0 Å². The maximum absolute atomic E-state index is 10.7. The van der Waals surface area contributed by atoms with Gasteiger partial charge in [-0.3, -0.25) is 4.79 Å². The largest absolute Gasteiger partial charge is 0.494 e. The highest BCUT2D eigenvalue weighted by atomic mass is 35.5. The van der Waals surface area contributed by atoms with Gasteiger partial charge in [0, 0.05) is 15.7 Å². The molecular weight excluding hydrogens is 516 g/mol. The van der Waals surface area contributed by atoms with Gasteiger partial charge in [-0.05, 0) is 72.5 Å². The fraction of sp³-hybridized carbons (Fsp3) is 0.321. The first-order valence-electron chi connectivity index (χ1n) is 11.9. The third-order valence-electron chi connectivity index (χ3n) is 6.16. The first kappa shape index (κ1) is 27.4. The van der Waals surface area contributed by atoms with E-state index in [4.69, 9.17) is 25.8 Å². The molecule has 3 N–H and O–H groups in total. The Morgan fingerprint density at radius 3 is 2.32 bits per heavy atom. The van der Waals surface area contributed by atoms with Crippen LogP contribution in [0.5, 0.6) is 11.5 Å². The summed E-state index contributed by atoms with van der Waals surface area (Å²) in [5.74, 6) is 1.56. The summed E-state index contributed by atoms with van der Waals surface area (Å²) in [6, 6.07) is 20.1. The summed E-state index contributed by atoms with van der Waals surface area (Å²) in [6.07, 6.45) is -4.95. The van der Waals surface area contributed by atoms with Crippen LogP contribution in [0.3, 0.4) is 0 Å². The van der Waals surface area contributed by atoms with Crippen molar-refractivity contribution in [1.82, 2.24) is 0 Å². The maximum atomic E-state index is 10.7. The lowest BCUT2D eigenvalue weighted by atomic mass is 9.90. The first-order chi connectivity index (χ1) is 17.9. The summed E-state index contributed by atoms with van der Waals surface area (Å²) >= 11 is 7.90. The van der Waals surface area contributed by atoms with Crippen LogP contribution in [0, 0.1) is 0 Å². The van der Waals surface area contributed by atoms with Crippen LogP contribution in [0.2, 0.25) is 5.02 Å². The molecule has 1 aliphatic rings. The number of hydrogen-bond donors (Lipinski definition) is 3. The second-order valence-electron chi connectivity index (χ2n) is 8.67. The molecule has 3 aromatic rings. The second-order valence-corrected chi connectivity index (χ2v) is 10.2. The molecule has 0 aromatic heterocycles. The van der Waals surface area contributed by atoms with Gasteiger partial charge >= 0.3 is 0 Å². The van der Waals surface area contributed by atoms with Crippen LogP contribution in [-0.2, 0) is 16.0 Å². The van der Waals surface area contributed by atoms with Crippen LogP contribution in [0.25, 0.3) is 0 Å². The van der Waals surface area contributed by atoms with Gasteiger partial charge in [-0.15, -0.1) is 11.8 Å². The highest BCUT2D eigenvalue weighted by Gasteiger charge is 2.44. The monoisotopic (exact) mass is 544 g/mol. The Hall–Kier alpha value is -2.59. The summed E-state index contributed by atoms with van der Waals surface area (Å²) < 4.78 is 16.4. The smallest absolute Gasteiger partial charge is 0.298 e. The lowest BCUT2D eigenvalue weighted by Gasteiger charge is -2.41. The zero-order valence-electron chi connectivity index (χ0n) is 20.2. The fourth-order valence-electron chi connectivity index (χ4n) is 4.21. The van der Waals surface area contributed by atoms with E-state index < -0.39 is 30.5 Å². The van der Waals surface area contributed by atoms with Crippen molar-refractivity contribution < 1.29 is 34.3 Å². The second kappa shape index (κ2) is 12.8. The fourth-order valence-corrected chi connectivity index (χ4v) is 5.35. The molecule has 1 fully saturated rings. The maximum Gasteiger partial charge on any atom is 0.298 e. The number of rotatable bonds is 10. The Kier molecular flexibility index (Phi) is 9.48. The molecule has 4 rings (SSSR count). The molecule has 196 valence electrons. The highest BCUT2D eigenvalue weighted by molar-refractivity contribution is 7.99. The van der Waals surface area contributed by atoms with E-state index in [0.717, 1.165) is 21.8 Å². The third-order valence-corrected chi connectivity index (χ3v) is 7.63. The van der Waals surface area contributed by atoms with E-state index in [2.05, 4.69) is 0 Å². The Labute approximate surface area is 225 Å². The molecule has 0 saturated carbocycles. The van der Waals surface area contributed by atoms with Gasteiger partial charge in [-0.25, -0.2) is 0 Å². The van der Waals surface area contributed by atoms with Crippen molar-refractivity contribution in [3.8, 4) is 11.5 Å². The average molecular weight is 545 g/mol. The third kappa shape index (κ3) is 6.84. The van der Waals surface area contributed by atoms with Crippen LogP contribution in [0.1, 0.15) is 29.7 Å². The molecule has 0 radical (unpaired) electrons. The van der Waals surface area contributed by atoms with Crippen LogP contribution >= 0.6 is 23.4 Å². The lowest BCUT2D eigenvalue weighted by molar-refractivity contribution is -0.218. The predicted molar refractivity (Wildman–Crippen MR) is 141 cm³/mol. The molecule has 0 spiro atoms. The average Bonchev–Trinajstić information content (AvgIpc) is 2.91. The zero-order valence-corrected chi connectivity index (χ0v) is 21.8. The van der Waals surface area contributed by atoms with Gasteiger partial charge in [-0.1, -0.05) is 35.9 Å². The van der Waals surface area contributed by atoms with Crippen molar-refractivity contribution >= 4 is 29.8 Å². The number of thioether (sulfide) groups is 1. The summed E-state index contributed by atoms with van der Waals surface area (Å²) in [5.41, 5.74) is 2.55. The molecular formula is C28H29ClO7S. The minimum Gasteiger partial charge on any atom is -0.494 e. The standard InChI is InChI=1S/C28H29ClO7S/c1-2-34-20-6-3-17(4-7-20)13-19-14-18(5-12-23(19)29)28-27(33)26(32)25(31)24(36-28)15-37-22-10-8-21(9-11-22)35-16-30/h3-12,14,16,24-28,31-33H,2,13,15H2,1H3/t24-,25-,26+,27-,28+/m1/s1. The van der Waals surface area contributed by atoms with Gasteiger partial charge in [0.25, 0.3) is 6.47 Å². The van der Waals surface area contributed by atoms with Crippen LogP contribution in [0.4, 0.5) is 0 Å². The number of carbonyl (C=O) groups is 1. The molecule has 37 heavy (non-hydrogen) atoms. The highest BCUT2D eigenvalue weighted by Crippen LogP contribution is 2.36. The summed E-state index contributed by atoms with van der Waals surface area (Å²) in [7, 11) is 0. The summed E-state index contributed by atoms with van der Waals surface area (Å²) in [4.78, 5) is 11.3. The molecule has 7 nitrogen and oxygen atoms in total. The van der Waals surface area contributed by atoms with Crippen molar-refractivity contribution in [2.45, 2.75) is 48.8 Å². The van der Waals surface area contributed by atoms with E-state index in [-0.39, 0.29) is 0 Å². The summed E-state index contributed by atoms with van der Waals surface area (Å²) in [6.45, 7) is 2.89. The van der Waals surface area contributed by atoms with Crippen molar-refractivity contribution in [1.29, 1.82) is 0 Å². The van der Waals surface area contributed by atoms with E-state index in [9.17, 15) is 20.1 Å². The number of aliphatic hydroxyl groups is 3. The predicted octanol–water partition coefficient (Wildman–Crippen LogP) is 4.18. The van der Waals surface area contributed by atoms with Crippen LogP contribution < -0.4 is 9.47 Å². The quantitative estimate of drug-likeness (QED) is 0.258. The number of aliphatic hydroxyl groups excluding tert-OH is 3. The van der Waals surface area contributed by atoms with E-state index >= 15 is 0 Å². The normalized spacial score (nSPS) is 23.4. The molecule has 1 aliphatic heterocycles. The van der Waals surface area contributed by atoms with E-state index in [0.29, 0.717) is 41.6 Å². The van der Waals surface area contributed by atoms with Gasteiger partial charge < -0.3 is 29.5 Å². The zero-order chi connectivity index (χ0) is 26.4. The lowest BCUT2D eigenvalue weighted by Crippen LogP contribution is -2.54.